The summed E-state index contributed by atoms with van der Waals surface area (Å²) in [4.78, 5) is 26.2. The Morgan fingerprint density at radius 1 is 1.10 bits per heavy atom. The summed E-state index contributed by atoms with van der Waals surface area (Å²) in [5.41, 5.74) is 1.70. The Kier molecular flexibility index (Phi) is 4.94. The number of aromatic nitrogens is 1. The minimum absolute atomic E-state index is 0.00109. The molecule has 0 atom stereocenters. The van der Waals surface area contributed by atoms with Gasteiger partial charge in [0.15, 0.2) is 0 Å². The zero-order valence-corrected chi connectivity index (χ0v) is 11.8. The molecule has 0 fully saturated rings. The lowest BCUT2D eigenvalue weighted by molar-refractivity contribution is -0.136. The molecule has 0 aliphatic heterocycles. The van der Waals surface area contributed by atoms with Crippen molar-refractivity contribution in [3.63, 3.8) is 0 Å². The Bertz CT molecular complexity index is 672. The molecule has 2 aromatic rings. The zero-order valence-electron chi connectivity index (χ0n) is 11.0. The monoisotopic (exact) mass is 303 g/mol. The highest BCUT2D eigenvalue weighted by Gasteiger charge is 2.08. The second-order valence-electron chi connectivity index (χ2n) is 4.31. The molecular weight excluding hydrogens is 290 g/mol. The van der Waals surface area contributed by atoms with Crippen LogP contribution in [0, 0.1) is 0 Å². The highest BCUT2D eigenvalue weighted by molar-refractivity contribution is 7.98. The van der Waals surface area contributed by atoms with Gasteiger partial charge in [-0.3, -0.25) is 4.79 Å². The van der Waals surface area contributed by atoms with Crippen molar-refractivity contribution in [2.45, 2.75) is 17.1 Å². The van der Waals surface area contributed by atoms with Crippen LogP contribution in [0.5, 0.6) is 0 Å². The quantitative estimate of drug-likeness (QED) is 0.798. The lowest BCUT2D eigenvalue weighted by Gasteiger charge is -2.07. The third-order valence-electron chi connectivity index (χ3n) is 2.80. The van der Waals surface area contributed by atoms with E-state index in [0.29, 0.717) is 5.75 Å². The summed E-state index contributed by atoms with van der Waals surface area (Å²) in [7, 11) is 0. The molecule has 0 saturated heterocycles. The smallest absolute Gasteiger partial charge is 0.354 e. The van der Waals surface area contributed by atoms with Gasteiger partial charge in [-0.15, -0.1) is 11.8 Å². The third kappa shape index (κ3) is 4.32. The van der Waals surface area contributed by atoms with E-state index in [2.05, 4.69) is 4.98 Å². The van der Waals surface area contributed by atoms with Gasteiger partial charge in [0, 0.05) is 16.8 Å². The Morgan fingerprint density at radius 3 is 2.48 bits per heavy atom. The summed E-state index contributed by atoms with van der Waals surface area (Å²) in [6.07, 6.45) is 1.43. The minimum Gasteiger partial charge on any atom is -0.481 e. The van der Waals surface area contributed by atoms with Gasteiger partial charge in [0.1, 0.15) is 5.69 Å². The number of carboxylic acids is 2. The summed E-state index contributed by atoms with van der Waals surface area (Å²) < 4.78 is 0. The van der Waals surface area contributed by atoms with Crippen molar-refractivity contribution in [2.24, 2.45) is 0 Å². The van der Waals surface area contributed by atoms with E-state index in [9.17, 15) is 9.59 Å². The number of pyridine rings is 1. The van der Waals surface area contributed by atoms with Crippen molar-refractivity contribution in [3.05, 3.63) is 59.4 Å². The molecule has 0 bridgehead atoms. The van der Waals surface area contributed by atoms with Crippen LogP contribution in [0.3, 0.4) is 0 Å². The fourth-order valence-electron chi connectivity index (χ4n) is 1.81. The van der Waals surface area contributed by atoms with Crippen LogP contribution in [0.15, 0.2) is 47.5 Å². The second-order valence-corrected chi connectivity index (χ2v) is 5.36. The minimum atomic E-state index is -1.07. The van der Waals surface area contributed by atoms with Gasteiger partial charge in [-0.05, 0) is 23.3 Å². The van der Waals surface area contributed by atoms with Gasteiger partial charge in [0.25, 0.3) is 0 Å². The lowest BCUT2D eigenvalue weighted by atomic mass is 10.1. The van der Waals surface area contributed by atoms with E-state index in [4.69, 9.17) is 10.2 Å². The summed E-state index contributed by atoms with van der Waals surface area (Å²) in [6, 6.07) is 10.6. The Labute approximate surface area is 125 Å². The predicted octanol–water partition coefficient (Wildman–Crippen LogP) is 2.70. The highest BCUT2D eigenvalue weighted by atomic mass is 32.2. The molecular formula is C15H13NO4S. The number of carbonyl (C=O) groups is 2. The molecule has 2 rings (SSSR count). The molecule has 1 aromatic carbocycles. The molecule has 108 valence electrons. The largest absolute Gasteiger partial charge is 0.481 e. The van der Waals surface area contributed by atoms with Crippen LogP contribution in [-0.4, -0.2) is 27.1 Å². The maximum absolute atomic E-state index is 10.9. The van der Waals surface area contributed by atoms with Gasteiger partial charge in [-0.1, -0.05) is 24.3 Å². The molecule has 0 saturated carbocycles. The van der Waals surface area contributed by atoms with E-state index in [1.165, 1.54) is 24.0 Å². The fourth-order valence-corrected chi connectivity index (χ4v) is 2.77. The van der Waals surface area contributed by atoms with Crippen molar-refractivity contribution >= 4 is 23.7 Å². The standard InChI is InChI=1S/C15H13NO4S/c17-14(18)7-10-3-1-2-4-11(10)9-21-12-5-6-16-13(8-12)15(19)20/h1-6,8H,7,9H2,(H,17,18)(H,19,20). The Hall–Kier alpha value is -2.34. The Morgan fingerprint density at radius 2 is 1.81 bits per heavy atom. The zero-order chi connectivity index (χ0) is 15.2. The summed E-state index contributed by atoms with van der Waals surface area (Å²) in [5, 5.41) is 17.8. The van der Waals surface area contributed by atoms with E-state index in [1.54, 1.807) is 18.2 Å². The molecule has 5 nitrogen and oxygen atoms in total. The molecule has 0 aliphatic carbocycles. The first kappa shape index (κ1) is 15.1. The van der Waals surface area contributed by atoms with E-state index >= 15 is 0 Å². The highest BCUT2D eigenvalue weighted by Crippen LogP contribution is 2.25. The number of thioether (sulfide) groups is 1. The molecule has 0 unspecified atom stereocenters. The van der Waals surface area contributed by atoms with E-state index in [1.807, 2.05) is 12.1 Å². The van der Waals surface area contributed by atoms with Crippen LogP contribution < -0.4 is 0 Å². The van der Waals surface area contributed by atoms with Crippen molar-refractivity contribution in [1.82, 2.24) is 4.98 Å². The molecule has 6 heteroatoms. The van der Waals surface area contributed by atoms with Crippen LogP contribution in [0.1, 0.15) is 21.6 Å². The van der Waals surface area contributed by atoms with Crippen molar-refractivity contribution in [1.29, 1.82) is 0 Å². The number of hydrogen-bond donors (Lipinski definition) is 2. The van der Waals surface area contributed by atoms with Gasteiger partial charge < -0.3 is 10.2 Å². The third-order valence-corrected chi connectivity index (χ3v) is 3.85. The van der Waals surface area contributed by atoms with Crippen LogP contribution >= 0.6 is 11.8 Å². The molecule has 21 heavy (non-hydrogen) atoms. The number of benzene rings is 1. The topological polar surface area (TPSA) is 87.5 Å². The van der Waals surface area contributed by atoms with Gasteiger partial charge in [0.05, 0.1) is 6.42 Å². The number of carboxylic acid groups (broad SMARTS) is 2. The molecule has 0 radical (unpaired) electrons. The average molecular weight is 303 g/mol. The fraction of sp³-hybridized carbons (Fsp3) is 0.133. The van der Waals surface area contributed by atoms with Crippen molar-refractivity contribution < 1.29 is 19.8 Å². The van der Waals surface area contributed by atoms with Gasteiger partial charge in [0.2, 0.25) is 0 Å². The Balaban J connectivity index is 2.11. The van der Waals surface area contributed by atoms with E-state index < -0.39 is 11.9 Å². The van der Waals surface area contributed by atoms with Crippen LogP contribution in [0.4, 0.5) is 0 Å². The summed E-state index contributed by atoms with van der Waals surface area (Å²) in [5.74, 6) is -1.36. The predicted molar refractivity (Wildman–Crippen MR) is 78.5 cm³/mol. The van der Waals surface area contributed by atoms with Gasteiger partial charge in [-0.2, -0.15) is 0 Å². The lowest BCUT2D eigenvalue weighted by Crippen LogP contribution is -2.03. The molecule has 2 N–H and O–H groups in total. The van der Waals surface area contributed by atoms with Gasteiger partial charge >= 0.3 is 11.9 Å². The van der Waals surface area contributed by atoms with Crippen molar-refractivity contribution in [3.8, 4) is 0 Å². The maximum atomic E-state index is 10.9. The number of aromatic carboxylic acids is 1. The number of hydrogen-bond acceptors (Lipinski definition) is 4. The first-order valence-electron chi connectivity index (χ1n) is 6.17. The molecule has 0 amide bonds. The summed E-state index contributed by atoms with van der Waals surface area (Å²) in [6.45, 7) is 0. The second kappa shape index (κ2) is 6.90. The number of rotatable bonds is 6. The first-order valence-corrected chi connectivity index (χ1v) is 7.15. The van der Waals surface area contributed by atoms with Crippen LogP contribution in [0.2, 0.25) is 0 Å². The molecule has 0 aliphatic rings. The molecule has 1 aromatic heterocycles. The summed E-state index contributed by atoms with van der Waals surface area (Å²) >= 11 is 1.45. The SMILES string of the molecule is O=C(O)Cc1ccccc1CSc1ccnc(C(=O)O)c1. The first-order chi connectivity index (χ1) is 10.1. The number of nitrogens with zero attached hydrogens (tertiary/aromatic N) is 1. The average Bonchev–Trinajstić information content (AvgIpc) is 2.46. The normalized spacial score (nSPS) is 10.3. The van der Waals surface area contributed by atoms with Gasteiger partial charge in [-0.25, -0.2) is 9.78 Å². The van der Waals surface area contributed by atoms with Crippen LogP contribution in [0.25, 0.3) is 0 Å². The van der Waals surface area contributed by atoms with Crippen molar-refractivity contribution in [2.75, 3.05) is 0 Å². The maximum Gasteiger partial charge on any atom is 0.354 e. The van der Waals surface area contributed by atoms with E-state index in [0.717, 1.165) is 16.0 Å². The van der Waals surface area contributed by atoms with E-state index in [-0.39, 0.29) is 12.1 Å². The van der Waals surface area contributed by atoms with Crippen LogP contribution in [-0.2, 0) is 17.0 Å². The molecule has 0 spiro atoms. The molecule has 1 heterocycles. The number of aliphatic carboxylic acids is 1.